The largest absolute Gasteiger partial charge is 0.324 e. The van der Waals surface area contributed by atoms with Gasteiger partial charge in [-0.2, -0.15) is 0 Å². The fourth-order valence-electron chi connectivity index (χ4n) is 2.62. The van der Waals surface area contributed by atoms with Gasteiger partial charge in [0.1, 0.15) is 0 Å². The van der Waals surface area contributed by atoms with E-state index in [2.05, 4.69) is 73.6 Å². The number of benzene rings is 1. The normalized spacial score (nSPS) is 18.7. The van der Waals surface area contributed by atoms with Crippen molar-refractivity contribution < 1.29 is 0 Å². The first-order valence-corrected chi connectivity index (χ1v) is 7.95. The highest BCUT2D eigenvalue weighted by Crippen LogP contribution is 2.33. The maximum atomic E-state index is 6.18. The summed E-state index contributed by atoms with van der Waals surface area (Å²) >= 11 is 5.99. The third-order valence-electron chi connectivity index (χ3n) is 3.52. The molecule has 4 heteroatoms. The van der Waals surface area contributed by atoms with Gasteiger partial charge in [0.15, 0.2) is 0 Å². The summed E-state index contributed by atoms with van der Waals surface area (Å²) in [6.07, 6.45) is 5.55. The lowest BCUT2D eigenvalue weighted by Crippen LogP contribution is -2.17. The highest BCUT2D eigenvalue weighted by atomic mass is 127. The minimum atomic E-state index is 0.205. The quantitative estimate of drug-likeness (QED) is 0.694. The van der Waals surface area contributed by atoms with Gasteiger partial charge in [-0.1, -0.05) is 0 Å². The predicted octanol–water partition coefficient (Wildman–Crippen LogP) is 4.18. The van der Waals surface area contributed by atoms with Gasteiger partial charge in [-0.15, -0.1) is 0 Å². The van der Waals surface area contributed by atoms with Crippen molar-refractivity contribution in [2.75, 3.05) is 0 Å². The maximum Gasteiger partial charge on any atom is 0.0605 e. The van der Waals surface area contributed by atoms with Crippen LogP contribution in [0.25, 0.3) is 5.69 Å². The minimum absolute atomic E-state index is 0.205. The highest BCUT2D eigenvalue weighted by molar-refractivity contribution is 14.1. The summed E-state index contributed by atoms with van der Waals surface area (Å²) in [5.74, 6) is 0. The van der Waals surface area contributed by atoms with E-state index in [1.165, 1.54) is 26.9 Å². The Balaban J connectivity index is 2.15. The molecule has 0 spiro atoms. The first-order chi connectivity index (χ1) is 8.66. The summed E-state index contributed by atoms with van der Waals surface area (Å²) in [4.78, 5) is 0. The average molecular weight is 417 g/mol. The molecule has 1 aromatic heterocycles. The molecule has 1 heterocycles. The van der Waals surface area contributed by atoms with E-state index in [4.69, 9.17) is 5.73 Å². The number of fused-ring (bicyclic) bond motifs is 1. The Morgan fingerprint density at radius 3 is 3.00 bits per heavy atom. The number of aromatic nitrogens is 1. The number of nitrogens with zero attached hydrogens (tertiary/aromatic N) is 1. The second kappa shape index (κ2) is 4.98. The SMILES string of the molecule is NC1CCCc2c1ccn2-c1cc(I)ccc1Br. The van der Waals surface area contributed by atoms with Crippen LogP contribution >= 0.6 is 38.5 Å². The predicted molar refractivity (Wildman–Crippen MR) is 86.1 cm³/mol. The first kappa shape index (κ1) is 12.7. The van der Waals surface area contributed by atoms with E-state index in [0.29, 0.717) is 0 Å². The molecule has 0 amide bonds. The van der Waals surface area contributed by atoms with Crippen LogP contribution in [0.5, 0.6) is 0 Å². The van der Waals surface area contributed by atoms with Gasteiger partial charge in [0.25, 0.3) is 0 Å². The van der Waals surface area contributed by atoms with Crippen LogP contribution in [0.4, 0.5) is 0 Å². The van der Waals surface area contributed by atoms with E-state index in [1.54, 1.807) is 0 Å². The zero-order valence-electron chi connectivity index (χ0n) is 9.87. The van der Waals surface area contributed by atoms with Gasteiger partial charge in [-0.3, -0.25) is 0 Å². The molecule has 18 heavy (non-hydrogen) atoms. The van der Waals surface area contributed by atoms with E-state index >= 15 is 0 Å². The smallest absolute Gasteiger partial charge is 0.0605 e. The van der Waals surface area contributed by atoms with E-state index in [9.17, 15) is 0 Å². The van der Waals surface area contributed by atoms with Gasteiger partial charge in [-0.25, -0.2) is 0 Å². The van der Waals surface area contributed by atoms with Crippen molar-refractivity contribution in [2.45, 2.75) is 25.3 Å². The zero-order chi connectivity index (χ0) is 12.7. The second-order valence-electron chi connectivity index (χ2n) is 4.68. The molecular weight excluding hydrogens is 403 g/mol. The Morgan fingerprint density at radius 1 is 1.33 bits per heavy atom. The third-order valence-corrected chi connectivity index (χ3v) is 4.86. The molecule has 2 N–H and O–H groups in total. The summed E-state index contributed by atoms with van der Waals surface area (Å²) in [6.45, 7) is 0. The standard InChI is InChI=1S/C14H14BrIN2/c15-11-5-4-9(16)8-14(11)18-7-6-10-12(17)2-1-3-13(10)18/h4-8,12H,1-3,17H2. The van der Waals surface area contributed by atoms with Crippen molar-refractivity contribution in [3.63, 3.8) is 0 Å². The number of halogens is 2. The third kappa shape index (κ3) is 2.14. The van der Waals surface area contributed by atoms with Gasteiger partial charge in [0, 0.05) is 26.0 Å². The molecule has 0 saturated heterocycles. The molecule has 94 valence electrons. The van der Waals surface area contributed by atoms with Crippen molar-refractivity contribution in [3.05, 3.63) is 49.8 Å². The number of rotatable bonds is 1. The first-order valence-electron chi connectivity index (χ1n) is 6.08. The van der Waals surface area contributed by atoms with Crippen molar-refractivity contribution in [1.82, 2.24) is 4.57 Å². The molecule has 3 rings (SSSR count). The average Bonchev–Trinajstić information content (AvgIpc) is 2.77. The number of hydrogen-bond donors (Lipinski definition) is 1. The molecule has 1 aliphatic rings. The highest BCUT2D eigenvalue weighted by Gasteiger charge is 2.21. The topological polar surface area (TPSA) is 30.9 Å². The number of nitrogens with two attached hydrogens (primary N) is 1. The lowest BCUT2D eigenvalue weighted by atomic mass is 9.93. The van der Waals surface area contributed by atoms with Gasteiger partial charge in [-0.05, 0) is 87.6 Å². The van der Waals surface area contributed by atoms with Crippen LogP contribution in [-0.4, -0.2) is 4.57 Å². The molecular formula is C14H14BrIN2. The monoisotopic (exact) mass is 416 g/mol. The molecule has 0 fully saturated rings. The molecule has 0 saturated carbocycles. The Morgan fingerprint density at radius 2 is 2.17 bits per heavy atom. The lowest BCUT2D eigenvalue weighted by molar-refractivity contribution is 0.560. The molecule has 0 radical (unpaired) electrons. The van der Waals surface area contributed by atoms with Gasteiger partial charge in [0.05, 0.1) is 5.69 Å². The second-order valence-corrected chi connectivity index (χ2v) is 6.78. The molecule has 1 aliphatic carbocycles. The van der Waals surface area contributed by atoms with Gasteiger partial charge < -0.3 is 10.3 Å². The summed E-state index contributed by atoms with van der Waals surface area (Å²) in [6, 6.07) is 8.79. The Kier molecular flexibility index (Phi) is 3.51. The summed E-state index contributed by atoms with van der Waals surface area (Å²) in [7, 11) is 0. The van der Waals surface area contributed by atoms with E-state index in [1.807, 2.05) is 0 Å². The van der Waals surface area contributed by atoms with Crippen molar-refractivity contribution in [2.24, 2.45) is 5.73 Å². The van der Waals surface area contributed by atoms with E-state index in [0.717, 1.165) is 17.3 Å². The van der Waals surface area contributed by atoms with Crippen LogP contribution in [0, 0.1) is 3.57 Å². The van der Waals surface area contributed by atoms with E-state index < -0.39 is 0 Å². The molecule has 1 unspecified atom stereocenters. The van der Waals surface area contributed by atoms with Crippen LogP contribution in [-0.2, 0) is 6.42 Å². The summed E-state index contributed by atoms with van der Waals surface area (Å²) < 4.78 is 4.65. The van der Waals surface area contributed by atoms with Gasteiger partial charge in [0.2, 0.25) is 0 Å². The Labute approximate surface area is 129 Å². The Hall–Kier alpha value is -0.330. The van der Waals surface area contributed by atoms with Crippen molar-refractivity contribution >= 4 is 38.5 Å². The molecule has 2 nitrogen and oxygen atoms in total. The molecule has 1 aromatic carbocycles. The van der Waals surface area contributed by atoms with Crippen LogP contribution in [0.2, 0.25) is 0 Å². The Bertz CT molecular complexity index is 591. The van der Waals surface area contributed by atoms with Crippen LogP contribution < -0.4 is 5.73 Å². The minimum Gasteiger partial charge on any atom is -0.324 e. The van der Waals surface area contributed by atoms with Crippen LogP contribution in [0.15, 0.2) is 34.9 Å². The van der Waals surface area contributed by atoms with Crippen molar-refractivity contribution in [1.29, 1.82) is 0 Å². The molecule has 0 aliphatic heterocycles. The van der Waals surface area contributed by atoms with Crippen molar-refractivity contribution in [3.8, 4) is 5.69 Å². The van der Waals surface area contributed by atoms with Crippen LogP contribution in [0.1, 0.15) is 30.1 Å². The van der Waals surface area contributed by atoms with Gasteiger partial charge >= 0.3 is 0 Å². The number of hydrogen-bond acceptors (Lipinski definition) is 1. The molecule has 2 aromatic rings. The fraction of sp³-hybridized carbons (Fsp3) is 0.286. The summed E-state index contributed by atoms with van der Waals surface area (Å²) in [5.41, 5.74) is 10.1. The molecule has 0 bridgehead atoms. The zero-order valence-corrected chi connectivity index (χ0v) is 13.6. The maximum absolute atomic E-state index is 6.18. The van der Waals surface area contributed by atoms with E-state index in [-0.39, 0.29) is 6.04 Å². The lowest BCUT2D eigenvalue weighted by Gasteiger charge is -2.21. The van der Waals surface area contributed by atoms with Crippen LogP contribution in [0.3, 0.4) is 0 Å². The summed E-state index contributed by atoms with van der Waals surface area (Å²) in [5, 5.41) is 0. The molecule has 1 atom stereocenters. The fourth-order valence-corrected chi connectivity index (χ4v) is 3.54.